The monoisotopic (exact) mass is 255 g/mol. The minimum absolute atomic E-state index is 0.144. The molecule has 0 aromatic heterocycles. The van der Waals surface area contributed by atoms with Crippen LogP contribution in [0.4, 0.5) is 8.78 Å². The Morgan fingerprint density at radius 2 is 1.78 bits per heavy atom. The first-order chi connectivity index (χ1) is 8.67. The largest absolute Gasteiger partial charge is 0.497 e. The Morgan fingerprint density at radius 3 is 2.22 bits per heavy atom. The van der Waals surface area contributed by atoms with Crippen molar-refractivity contribution in [2.45, 2.75) is 31.7 Å². The van der Waals surface area contributed by atoms with E-state index in [0.717, 1.165) is 25.7 Å². The maximum absolute atomic E-state index is 14.0. The van der Waals surface area contributed by atoms with Gasteiger partial charge >= 0.3 is 0 Å². The molecule has 0 bridgehead atoms. The van der Waals surface area contributed by atoms with Gasteiger partial charge in [-0.15, -0.1) is 0 Å². The fraction of sp³-hybridized carbons (Fsp3) is 0.571. The quantitative estimate of drug-likeness (QED) is 0.890. The first-order valence-electron chi connectivity index (χ1n) is 6.37. The Bertz CT molecular complexity index is 393. The van der Waals surface area contributed by atoms with E-state index in [4.69, 9.17) is 4.74 Å². The van der Waals surface area contributed by atoms with Crippen molar-refractivity contribution in [3.05, 3.63) is 29.3 Å². The SMILES string of the molecule is CNC(c1c(F)cc(OC)cc1F)C1CCCC1. The molecule has 1 aromatic carbocycles. The molecular formula is C14H19F2NO. The molecule has 2 nitrogen and oxygen atoms in total. The van der Waals surface area contributed by atoms with Gasteiger partial charge in [0.05, 0.1) is 7.11 Å². The van der Waals surface area contributed by atoms with Gasteiger partial charge < -0.3 is 10.1 Å². The third-order valence-corrected chi connectivity index (χ3v) is 3.78. The zero-order valence-electron chi connectivity index (χ0n) is 10.8. The molecular weight excluding hydrogens is 236 g/mol. The van der Waals surface area contributed by atoms with Crippen LogP contribution in [0.15, 0.2) is 12.1 Å². The van der Waals surface area contributed by atoms with Crippen molar-refractivity contribution in [1.29, 1.82) is 0 Å². The third-order valence-electron chi connectivity index (χ3n) is 3.78. The van der Waals surface area contributed by atoms with Crippen LogP contribution < -0.4 is 10.1 Å². The van der Waals surface area contributed by atoms with E-state index >= 15 is 0 Å². The van der Waals surface area contributed by atoms with E-state index in [0.29, 0.717) is 5.92 Å². The fourth-order valence-corrected chi connectivity index (χ4v) is 2.88. The Balaban J connectivity index is 2.35. The number of ether oxygens (including phenoxy) is 1. The minimum Gasteiger partial charge on any atom is -0.497 e. The number of benzene rings is 1. The van der Waals surface area contributed by atoms with Gasteiger partial charge in [0, 0.05) is 23.7 Å². The first-order valence-corrected chi connectivity index (χ1v) is 6.37. The maximum atomic E-state index is 14.0. The van der Waals surface area contributed by atoms with E-state index in [-0.39, 0.29) is 17.4 Å². The van der Waals surface area contributed by atoms with Crippen LogP contribution in [-0.2, 0) is 0 Å². The van der Waals surface area contributed by atoms with Crippen LogP contribution in [0.5, 0.6) is 5.75 Å². The van der Waals surface area contributed by atoms with Crippen molar-refractivity contribution in [3.8, 4) is 5.75 Å². The number of rotatable bonds is 4. The second-order valence-electron chi connectivity index (χ2n) is 4.82. The first kappa shape index (κ1) is 13.3. The average molecular weight is 255 g/mol. The van der Waals surface area contributed by atoms with E-state index in [1.54, 1.807) is 7.05 Å². The summed E-state index contributed by atoms with van der Waals surface area (Å²) in [5, 5.41) is 3.06. The zero-order valence-corrected chi connectivity index (χ0v) is 10.8. The molecule has 1 unspecified atom stereocenters. The lowest BCUT2D eigenvalue weighted by Gasteiger charge is -2.24. The van der Waals surface area contributed by atoms with Crippen molar-refractivity contribution < 1.29 is 13.5 Å². The molecule has 0 saturated heterocycles. The molecule has 0 spiro atoms. The average Bonchev–Trinajstić information content (AvgIpc) is 2.86. The van der Waals surface area contributed by atoms with Crippen molar-refractivity contribution in [2.24, 2.45) is 5.92 Å². The van der Waals surface area contributed by atoms with Crippen molar-refractivity contribution in [3.63, 3.8) is 0 Å². The smallest absolute Gasteiger partial charge is 0.134 e. The number of hydrogen-bond donors (Lipinski definition) is 1. The van der Waals surface area contributed by atoms with Crippen LogP contribution >= 0.6 is 0 Å². The lowest BCUT2D eigenvalue weighted by molar-refractivity contribution is 0.358. The summed E-state index contributed by atoms with van der Waals surface area (Å²) in [6.45, 7) is 0. The summed E-state index contributed by atoms with van der Waals surface area (Å²) in [5.74, 6) is -0.529. The highest BCUT2D eigenvalue weighted by Gasteiger charge is 2.29. The number of hydrogen-bond acceptors (Lipinski definition) is 2. The standard InChI is InChI=1S/C14H19F2NO/c1-17-14(9-5-3-4-6-9)13-11(15)7-10(18-2)8-12(13)16/h7-9,14,17H,3-6H2,1-2H3. The molecule has 1 aliphatic carbocycles. The molecule has 1 atom stereocenters. The number of halogens is 2. The summed E-state index contributed by atoms with van der Waals surface area (Å²) < 4.78 is 32.9. The molecule has 1 fully saturated rings. The van der Waals surface area contributed by atoms with Crippen LogP contribution in [0.1, 0.15) is 37.3 Å². The Morgan fingerprint density at radius 1 is 1.22 bits per heavy atom. The van der Waals surface area contributed by atoms with Gasteiger partial charge in [-0.05, 0) is 25.8 Å². The van der Waals surface area contributed by atoms with Gasteiger partial charge in [-0.1, -0.05) is 12.8 Å². The second kappa shape index (κ2) is 5.65. The van der Waals surface area contributed by atoms with Crippen LogP contribution in [-0.4, -0.2) is 14.2 Å². The number of nitrogens with one attached hydrogen (secondary N) is 1. The predicted molar refractivity (Wildman–Crippen MR) is 66.7 cm³/mol. The molecule has 0 amide bonds. The van der Waals surface area contributed by atoms with Crippen LogP contribution in [0, 0.1) is 17.6 Å². The van der Waals surface area contributed by atoms with Gasteiger partial charge in [-0.2, -0.15) is 0 Å². The van der Waals surface area contributed by atoms with Gasteiger partial charge in [0.2, 0.25) is 0 Å². The molecule has 18 heavy (non-hydrogen) atoms. The summed E-state index contributed by atoms with van der Waals surface area (Å²) in [5.41, 5.74) is 0.144. The highest BCUT2D eigenvalue weighted by Crippen LogP contribution is 2.38. The van der Waals surface area contributed by atoms with E-state index in [2.05, 4.69) is 5.32 Å². The van der Waals surface area contributed by atoms with Crippen molar-refractivity contribution in [2.75, 3.05) is 14.2 Å². The summed E-state index contributed by atoms with van der Waals surface area (Å²) in [7, 11) is 3.16. The minimum atomic E-state index is -0.530. The summed E-state index contributed by atoms with van der Waals surface area (Å²) in [6.07, 6.45) is 4.33. The highest BCUT2D eigenvalue weighted by molar-refractivity contribution is 5.33. The Kier molecular flexibility index (Phi) is 4.17. The van der Waals surface area contributed by atoms with Gasteiger partial charge in [0.1, 0.15) is 17.4 Å². The van der Waals surface area contributed by atoms with Crippen molar-refractivity contribution >= 4 is 0 Å². The van der Waals surface area contributed by atoms with Gasteiger partial charge in [0.15, 0.2) is 0 Å². The molecule has 4 heteroatoms. The van der Waals surface area contributed by atoms with Crippen LogP contribution in [0.25, 0.3) is 0 Å². The molecule has 1 aliphatic rings. The molecule has 100 valence electrons. The van der Waals surface area contributed by atoms with Gasteiger partial charge in [-0.25, -0.2) is 8.78 Å². The summed E-state index contributed by atoms with van der Waals surface area (Å²) >= 11 is 0. The van der Waals surface area contributed by atoms with Crippen LogP contribution in [0.2, 0.25) is 0 Å². The van der Waals surface area contributed by atoms with Crippen LogP contribution in [0.3, 0.4) is 0 Å². The Labute approximate surface area is 106 Å². The van der Waals surface area contributed by atoms with Gasteiger partial charge in [0.25, 0.3) is 0 Å². The number of methoxy groups -OCH3 is 1. The van der Waals surface area contributed by atoms with E-state index in [1.165, 1.54) is 19.2 Å². The third kappa shape index (κ3) is 2.48. The topological polar surface area (TPSA) is 21.3 Å². The summed E-state index contributed by atoms with van der Waals surface area (Å²) in [6, 6.07) is 2.24. The maximum Gasteiger partial charge on any atom is 0.134 e. The lowest BCUT2D eigenvalue weighted by Crippen LogP contribution is -2.25. The zero-order chi connectivity index (χ0) is 13.1. The molecule has 0 heterocycles. The van der Waals surface area contributed by atoms with Crippen molar-refractivity contribution in [1.82, 2.24) is 5.32 Å². The molecule has 1 N–H and O–H groups in total. The van der Waals surface area contributed by atoms with E-state index < -0.39 is 11.6 Å². The van der Waals surface area contributed by atoms with Gasteiger partial charge in [-0.3, -0.25) is 0 Å². The van der Waals surface area contributed by atoms with E-state index in [1.807, 2.05) is 0 Å². The molecule has 0 radical (unpaired) electrons. The molecule has 2 rings (SSSR count). The second-order valence-corrected chi connectivity index (χ2v) is 4.82. The normalized spacial score (nSPS) is 18.0. The van der Waals surface area contributed by atoms with E-state index in [9.17, 15) is 8.78 Å². The Hall–Kier alpha value is -1.16. The molecule has 0 aliphatic heterocycles. The fourth-order valence-electron chi connectivity index (χ4n) is 2.88. The highest BCUT2D eigenvalue weighted by atomic mass is 19.1. The summed E-state index contributed by atoms with van der Waals surface area (Å²) in [4.78, 5) is 0. The lowest BCUT2D eigenvalue weighted by atomic mass is 9.91. The molecule has 1 aromatic rings. The molecule has 1 saturated carbocycles. The predicted octanol–water partition coefficient (Wildman–Crippen LogP) is 3.42.